The fourth-order valence-corrected chi connectivity index (χ4v) is 6.16. The van der Waals surface area contributed by atoms with Crippen LogP contribution in [0.3, 0.4) is 0 Å². The zero-order valence-corrected chi connectivity index (χ0v) is 22.9. The Hall–Kier alpha value is -3.25. The number of phenols is 1. The van der Waals surface area contributed by atoms with Gasteiger partial charge in [0.25, 0.3) is 0 Å². The van der Waals surface area contributed by atoms with Gasteiger partial charge in [0.05, 0.1) is 12.6 Å². The van der Waals surface area contributed by atoms with Crippen LogP contribution >= 0.6 is 11.6 Å². The van der Waals surface area contributed by atoms with E-state index in [9.17, 15) is 9.90 Å². The third-order valence-corrected chi connectivity index (χ3v) is 7.96. The number of nitrogens with zero attached hydrogens (tertiary/aromatic N) is 1. The number of phenolic OH excluding ortho intramolecular Hbond substituents is 1. The molecule has 2 aliphatic rings. The quantitative estimate of drug-likeness (QED) is 0.195. The minimum atomic E-state index is 0.0337. The van der Waals surface area contributed by atoms with Crippen LogP contribution < -0.4 is 15.4 Å². The summed E-state index contributed by atoms with van der Waals surface area (Å²) in [4.78, 5) is 17.4. The highest BCUT2D eigenvalue weighted by Crippen LogP contribution is 2.47. The van der Waals surface area contributed by atoms with E-state index < -0.39 is 0 Å². The summed E-state index contributed by atoms with van der Waals surface area (Å²) in [7, 11) is 1.51. The van der Waals surface area contributed by atoms with Crippen LogP contribution in [0.5, 0.6) is 11.5 Å². The van der Waals surface area contributed by atoms with Crippen molar-refractivity contribution >= 4 is 34.1 Å². The standard InChI is InChI=1S/C31H36ClN3O3/c1-19-12-21-14-22(13-19)30-26(15-21)35-25-17-23(32)8-9-24(25)31(30)33-11-5-3-4-6-29(37)34-18-20-7-10-27(36)28(16-20)38-2/h7-10,12,16-17,21-22,36H,3-6,11,13-15,18H2,1-2H3,(H,33,35)(H,34,37). The molecule has 5 rings (SSSR count). The van der Waals surface area contributed by atoms with Crippen LogP contribution in [0.4, 0.5) is 5.69 Å². The third kappa shape index (κ3) is 5.91. The number of amides is 1. The van der Waals surface area contributed by atoms with Gasteiger partial charge in [-0.2, -0.15) is 0 Å². The Labute approximate surface area is 229 Å². The molecule has 0 aliphatic heterocycles. The first-order valence-corrected chi connectivity index (χ1v) is 13.9. The molecule has 1 aromatic heterocycles. The minimum absolute atomic E-state index is 0.0337. The summed E-state index contributed by atoms with van der Waals surface area (Å²) >= 11 is 6.32. The molecule has 2 unspecified atom stereocenters. The van der Waals surface area contributed by atoms with Gasteiger partial charge in [0.15, 0.2) is 11.5 Å². The summed E-state index contributed by atoms with van der Waals surface area (Å²) in [5.41, 5.74) is 7.18. The number of fused-ring (bicyclic) bond motifs is 5. The largest absolute Gasteiger partial charge is 0.504 e. The number of aromatic nitrogens is 1. The van der Waals surface area contributed by atoms with Crippen LogP contribution in [0.1, 0.15) is 68.2 Å². The van der Waals surface area contributed by atoms with Gasteiger partial charge >= 0.3 is 0 Å². The number of carbonyl (C=O) groups excluding carboxylic acids is 1. The molecule has 1 amide bonds. The Morgan fingerprint density at radius 2 is 2.03 bits per heavy atom. The summed E-state index contributed by atoms with van der Waals surface area (Å²) < 4.78 is 5.13. The predicted octanol–water partition coefficient (Wildman–Crippen LogP) is 6.89. The van der Waals surface area contributed by atoms with Gasteiger partial charge < -0.3 is 20.5 Å². The summed E-state index contributed by atoms with van der Waals surface area (Å²) in [6.45, 7) is 3.52. The van der Waals surface area contributed by atoms with Crippen LogP contribution in [-0.4, -0.2) is 29.7 Å². The number of hydrogen-bond donors (Lipinski definition) is 3. The maximum atomic E-state index is 12.3. The number of pyridine rings is 1. The molecule has 3 N–H and O–H groups in total. The van der Waals surface area contributed by atoms with E-state index in [1.807, 2.05) is 12.1 Å². The Kier molecular flexibility index (Phi) is 8.08. The zero-order chi connectivity index (χ0) is 26.6. The second-order valence-electron chi connectivity index (χ2n) is 10.6. The van der Waals surface area contributed by atoms with Crippen LogP contribution in [0, 0.1) is 5.92 Å². The van der Waals surface area contributed by atoms with Crippen molar-refractivity contribution in [2.75, 3.05) is 19.0 Å². The van der Waals surface area contributed by atoms with Crippen LogP contribution in [0.25, 0.3) is 10.9 Å². The monoisotopic (exact) mass is 533 g/mol. The molecule has 200 valence electrons. The molecule has 0 fully saturated rings. The first-order valence-electron chi connectivity index (χ1n) is 13.6. The van der Waals surface area contributed by atoms with Crippen LogP contribution in [-0.2, 0) is 17.8 Å². The second kappa shape index (κ2) is 11.6. The van der Waals surface area contributed by atoms with Crippen molar-refractivity contribution < 1.29 is 14.6 Å². The predicted molar refractivity (Wildman–Crippen MR) is 153 cm³/mol. The number of ether oxygens (including phenoxy) is 1. The lowest BCUT2D eigenvalue weighted by atomic mass is 9.71. The van der Waals surface area contributed by atoms with Crippen molar-refractivity contribution in [1.82, 2.24) is 10.3 Å². The minimum Gasteiger partial charge on any atom is -0.504 e. The molecule has 2 aliphatic carbocycles. The van der Waals surface area contributed by atoms with E-state index >= 15 is 0 Å². The first-order chi connectivity index (χ1) is 18.4. The molecule has 0 spiro atoms. The van der Waals surface area contributed by atoms with Gasteiger partial charge in [-0.3, -0.25) is 9.78 Å². The number of nitrogens with one attached hydrogen (secondary N) is 2. The number of halogens is 1. The SMILES string of the molecule is COc1cc(CNC(=O)CCCCCNc2c3c(nc4cc(Cl)ccc24)CC2C=C(C)CC3C2)ccc1O. The molecule has 3 aromatic rings. The zero-order valence-electron chi connectivity index (χ0n) is 22.1. The molecular weight excluding hydrogens is 498 g/mol. The molecule has 0 saturated heterocycles. The summed E-state index contributed by atoms with van der Waals surface area (Å²) in [5, 5.41) is 18.3. The molecule has 2 atom stereocenters. The lowest BCUT2D eigenvalue weighted by Gasteiger charge is -2.36. The highest BCUT2D eigenvalue weighted by Gasteiger charge is 2.33. The summed E-state index contributed by atoms with van der Waals surface area (Å²) in [5.74, 6) is 1.63. The number of methoxy groups -OCH3 is 1. The second-order valence-corrected chi connectivity index (χ2v) is 11.1. The third-order valence-electron chi connectivity index (χ3n) is 7.72. The van der Waals surface area contributed by atoms with Gasteiger partial charge in [0, 0.05) is 46.9 Å². The number of allylic oxidation sites excluding steroid dienone is 2. The maximum absolute atomic E-state index is 12.3. The summed E-state index contributed by atoms with van der Waals surface area (Å²) in [6, 6.07) is 11.1. The molecule has 7 heteroatoms. The molecule has 6 nitrogen and oxygen atoms in total. The van der Waals surface area contributed by atoms with Gasteiger partial charge in [0.1, 0.15) is 0 Å². The molecule has 0 radical (unpaired) electrons. The fourth-order valence-electron chi connectivity index (χ4n) is 6.00. The van der Waals surface area contributed by atoms with E-state index in [1.54, 1.807) is 18.2 Å². The molecule has 38 heavy (non-hydrogen) atoms. The number of carbonyl (C=O) groups is 1. The van der Waals surface area contributed by atoms with E-state index in [-0.39, 0.29) is 11.7 Å². The average Bonchev–Trinajstić information content (AvgIpc) is 2.89. The number of benzene rings is 2. The molecule has 2 bridgehead atoms. The van der Waals surface area contributed by atoms with E-state index in [0.29, 0.717) is 35.6 Å². The fraction of sp³-hybridized carbons (Fsp3) is 0.419. The number of unbranched alkanes of at least 4 members (excludes halogenated alkanes) is 2. The van der Waals surface area contributed by atoms with E-state index in [1.165, 1.54) is 36.0 Å². The first kappa shape index (κ1) is 26.4. The van der Waals surface area contributed by atoms with Gasteiger partial charge in [-0.25, -0.2) is 0 Å². The molecule has 2 aromatic carbocycles. The Bertz CT molecular complexity index is 1370. The van der Waals surface area contributed by atoms with Crippen molar-refractivity contribution in [3.05, 3.63) is 69.9 Å². The average molecular weight is 534 g/mol. The lowest BCUT2D eigenvalue weighted by molar-refractivity contribution is -0.121. The summed E-state index contributed by atoms with van der Waals surface area (Å²) in [6.07, 6.45) is 9.03. The van der Waals surface area contributed by atoms with E-state index in [2.05, 4.69) is 29.7 Å². The molecular formula is C31H36ClN3O3. The van der Waals surface area contributed by atoms with Crippen molar-refractivity contribution in [2.24, 2.45) is 5.92 Å². The Morgan fingerprint density at radius 3 is 2.87 bits per heavy atom. The number of anilines is 1. The Balaban J connectivity index is 1.15. The topological polar surface area (TPSA) is 83.5 Å². The van der Waals surface area contributed by atoms with E-state index in [0.717, 1.165) is 55.1 Å². The van der Waals surface area contributed by atoms with Gasteiger partial charge in [-0.05, 0) is 86.8 Å². The van der Waals surface area contributed by atoms with Gasteiger partial charge in [0.2, 0.25) is 5.91 Å². The normalized spacial score (nSPS) is 18.0. The van der Waals surface area contributed by atoms with Crippen molar-refractivity contribution in [2.45, 2.75) is 64.3 Å². The van der Waals surface area contributed by atoms with Gasteiger partial charge in [-0.1, -0.05) is 35.7 Å². The smallest absolute Gasteiger partial charge is 0.220 e. The maximum Gasteiger partial charge on any atom is 0.220 e. The molecule has 0 saturated carbocycles. The number of hydrogen-bond acceptors (Lipinski definition) is 5. The number of rotatable bonds is 10. The Morgan fingerprint density at radius 1 is 1.16 bits per heavy atom. The number of aromatic hydroxyl groups is 1. The highest BCUT2D eigenvalue weighted by atomic mass is 35.5. The lowest BCUT2D eigenvalue weighted by Crippen LogP contribution is -2.24. The van der Waals surface area contributed by atoms with Crippen molar-refractivity contribution in [1.29, 1.82) is 0 Å². The van der Waals surface area contributed by atoms with Gasteiger partial charge in [-0.15, -0.1) is 0 Å². The molecule has 1 heterocycles. The van der Waals surface area contributed by atoms with Crippen LogP contribution in [0.2, 0.25) is 5.02 Å². The van der Waals surface area contributed by atoms with Crippen molar-refractivity contribution in [3.63, 3.8) is 0 Å². The van der Waals surface area contributed by atoms with E-state index in [4.69, 9.17) is 21.3 Å². The van der Waals surface area contributed by atoms with Crippen LogP contribution in [0.15, 0.2) is 48.0 Å². The van der Waals surface area contributed by atoms with Crippen molar-refractivity contribution in [3.8, 4) is 11.5 Å². The highest BCUT2D eigenvalue weighted by molar-refractivity contribution is 6.31.